The molecule has 0 spiro atoms. The van der Waals surface area contributed by atoms with Gasteiger partial charge in [-0.1, -0.05) is 11.8 Å². The van der Waals surface area contributed by atoms with E-state index in [2.05, 4.69) is 25.2 Å². The number of H-pyrrole nitrogens is 1. The molecule has 1 fully saturated rings. The van der Waals surface area contributed by atoms with Gasteiger partial charge in [-0.3, -0.25) is 14.6 Å². The zero-order chi connectivity index (χ0) is 30.5. The van der Waals surface area contributed by atoms with E-state index in [1.165, 1.54) is 30.8 Å². The van der Waals surface area contributed by atoms with Crippen molar-refractivity contribution < 1.29 is 45.0 Å². The van der Waals surface area contributed by atoms with Crippen LogP contribution in [0.25, 0.3) is 11.0 Å². The Hall–Kier alpha value is -3.31. The van der Waals surface area contributed by atoms with E-state index >= 15 is 0 Å². The summed E-state index contributed by atoms with van der Waals surface area (Å²) in [6.07, 6.45) is -9.47. The van der Waals surface area contributed by atoms with Crippen molar-refractivity contribution in [3.05, 3.63) is 35.8 Å². The van der Waals surface area contributed by atoms with Crippen LogP contribution in [0.4, 0.5) is 36.4 Å². The zero-order valence-corrected chi connectivity index (χ0v) is 23.1. The number of carbonyl (C=O) groups is 1. The number of rotatable bonds is 11. The van der Waals surface area contributed by atoms with Gasteiger partial charge in [0.2, 0.25) is 11.8 Å². The zero-order valence-electron chi connectivity index (χ0n) is 22.2. The lowest BCUT2D eigenvalue weighted by Gasteiger charge is -2.34. The van der Waals surface area contributed by atoms with Crippen LogP contribution in [0.1, 0.15) is 5.69 Å². The molecular formula is C25H27F7N6O3S. The van der Waals surface area contributed by atoms with Crippen molar-refractivity contribution in [3.63, 3.8) is 0 Å². The molecule has 1 aliphatic rings. The second-order valence-corrected chi connectivity index (χ2v) is 10.6. The maximum absolute atomic E-state index is 13.4. The van der Waals surface area contributed by atoms with Gasteiger partial charge < -0.3 is 19.8 Å². The molecule has 0 radical (unpaired) electrons. The van der Waals surface area contributed by atoms with E-state index in [1.54, 1.807) is 11.0 Å². The standard InChI is InChI=1S/C25H27F7N6O3S/c1-15-10-19(40-13-24(27,28)29)21(22(33-15)41-14-25(30,31)32)36-20(39)12-38-6-4-37(5-7-38)8-9-42-23-34-17-3-2-16(26)11-18(17)35-23/h2-3,10-11H,4-9,12-14H2,1H3,(H,34,35)(H,36,39). The number of alkyl halides is 6. The molecule has 4 rings (SSSR count). The van der Waals surface area contributed by atoms with Gasteiger partial charge in [0.25, 0.3) is 0 Å². The van der Waals surface area contributed by atoms with Crippen LogP contribution >= 0.6 is 11.8 Å². The second kappa shape index (κ2) is 13.3. The third-order valence-corrected chi connectivity index (χ3v) is 6.86. The van der Waals surface area contributed by atoms with Crippen molar-refractivity contribution in [2.75, 3.05) is 63.6 Å². The van der Waals surface area contributed by atoms with E-state index in [-0.39, 0.29) is 18.1 Å². The van der Waals surface area contributed by atoms with Crippen molar-refractivity contribution >= 4 is 34.4 Å². The first-order valence-electron chi connectivity index (χ1n) is 12.7. The lowest BCUT2D eigenvalue weighted by molar-refractivity contribution is -0.154. The number of amides is 1. The quantitative estimate of drug-likeness (QED) is 0.236. The Balaban J connectivity index is 1.29. The topological polar surface area (TPSA) is 95.6 Å². The highest BCUT2D eigenvalue weighted by Gasteiger charge is 2.32. The lowest BCUT2D eigenvalue weighted by atomic mass is 10.3. The Kier molecular flexibility index (Phi) is 10.0. The summed E-state index contributed by atoms with van der Waals surface area (Å²) in [5, 5.41) is 3.00. The number of fused-ring (bicyclic) bond motifs is 1. The highest BCUT2D eigenvalue weighted by atomic mass is 32.2. The first kappa shape index (κ1) is 31.6. The van der Waals surface area contributed by atoms with E-state index in [0.717, 1.165) is 12.6 Å². The molecule has 1 aromatic carbocycles. The van der Waals surface area contributed by atoms with E-state index in [0.29, 0.717) is 48.1 Å². The van der Waals surface area contributed by atoms with E-state index in [9.17, 15) is 35.5 Å². The highest BCUT2D eigenvalue weighted by molar-refractivity contribution is 7.99. The molecule has 1 saturated heterocycles. The molecule has 0 saturated carbocycles. The van der Waals surface area contributed by atoms with Crippen molar-refractivity contribution in [2.24, 2.45) is 0 Å². The summed E-state index contributed by atoms with van der Waals surface area (Å²) in [5.74, 6) is -1.53. The van der Waals surface area contributed by atoms with Gasteiger partial charge in [0.1, 0.15) is 11.5 Å². The number of thioether (sulfide) groups is 1. The summed E-state index contributed by atoms with van der Waals surface area (Å²) in [6.45, 7) is 0.673. The van der Waals surface area contributed by atoms with Crippen molar-refractivity contribution in [2.45, 2.75) is 24.4 Å². The SMILES string of the molecule is Cc1cc(OCC(F)(F)F)c(NC(=O)CN2CCN(CCSc3nc4ccc(F)cc4[nH]3)CC2)c(OCC(F)(F)F)n1. The number of aryl methyl sites for hydroxylation is 1. The van der Waals surface area contributed by atoms with Crippen molar-refractivity contribution in [1.82, 2.24) is 24.8 Å². The fourth-order valence-corrected chi connectivity index (χ4v) is 5.00. The number of aromatic amines is 1. The molecule has 230 valence electrons. The van der Waals surface area contributed by atoms with Crippen LogP contribution in [0.3, 0.4) is 0 Å². The monoisotopic (exact) mass is 624 g/mol. The van der Waals surface area contributed by atoms with Crippen LogP contribution < -0.4 is 14.8 Å². The van der Waals surface area contributed by atoms with Gasteiger partial charge in [0.05, 0.1) is 17.6 Å². The predicted molar refractivity (Wildman–Crippen MR) is 140 cm³/mol. The normalized spacial score (nSPS) is 15.2. The number of carbonyl (C=O) groups excluding carboxylic acids is 1. The lowest BCUT2D eigenvalue weighted by Crippen LogP contribution is -2.49. The largest absolute Gasteiger partial charge is 0.482 e. The minimum atomic E-state index is -4.75. The fraction of sp³-hybridized carbons (Fsp3) is 0.480. The number of hydrogen-bond acceptors (Lipinski definition) is 8. The third kappa shape index (κ3) is 9.62. The molecule has 3 aromatic rings. The summed E-state index contributed by atoms with van der Waals surface area (Å²) in [5.41, 5.74) is 0.808. The molecular weight excluding hydrogens is 597 g/mol. The molecule has 17 heteroatoms. The van der Waals surface area contributed by atoms with Gasteiger partial charge in [0.15, 0.2) is 24.1 Å². The molecule has 2 aromatic heterocycles. The Morgan fingerprint density at radius 1 is 1.00 bits per heavy atom. The van der Waals surface area contributed by atoms with Crippen LogP contribution in [0.2, 0.25) is 0 Å². The number of aromatic nitrogens is 3. The van der Waals surface area contributed by atoms with Gasteiger partial charge in [-0.2, -0.15) is 26.3 Å². The average Bonchev–Trinajstić information content (AvgIpc) is 3.29. The van der Waals surface area contributed by atoms with Gasteiger partial charge in [-0.25, -0.2) is 14.4 Å². The molecule has 0 atom stereocenters. The van der Waals surface area contributed by atoms with Crippen LogP contribution in [-0.2, 0) is 4.79 Å². The maximum Gasteiger partial charge on any atom is 0.422 e. The number of anilines is 1. The molecule has 2 N–H and O–H groups in total. The number of benzene rings is 1. The van der Waals surface area contributed by atoms with Crippen molar-refractivity contribution in [1.29, 1.82) is 0 Å². The second-order valence-electron chi connectivity index (χ2n) is 9.47. The van der Waals surface area contributed by atoms with E-state index < -0.39 is 48.8 Å². The summed E-state index contributed by atoms with van der Waals surface area (Å²) in [6, 6.07) is 5.39. The molecule has 0 bridgehead atoms. The highest BCUT2D eigenvalue weighted by Crippen LogP contribution is 2.36. The molecule has 42 heavy (non-hydrogen) atoms. The molecule has 0 aliphatic carbocycles. The van der Waals surface area contributed by atoms with Crippen LogP contribution in [0, 0.1) is 12.7 Å². The molecule has 0 unspecified atom stereocenters. The minimum Gasteiger partial charge on any atom is -0.482 e. The van der Waals surface area contributed by atoms with Gasteiger partial charge in [0, 0.05) is 50.2 Å². The minimum absolute atomic E-state index is 0.0332. The first-order chi connectivity index (χ1) is 19.7. The predicted octanol–water partition coefficient (Wildman–Crippen LogP) is 4.64. The Bertz CT molecular complexity index is 1340. The number of halogens is 7. The number of imidazole rings is 1. The van der Waals surface area contributed by atoms with Crippen LogP contribution in [0.15, 0.2) is 29.4 Å². The number of nitrogens with zero attached hydrogens (tertiary/aromatic N) is 4. The van der Waals surface area contributed by atoms with Crippen molar-refractivity contribution in [3.8, 4) is 11.6 Å². The number of ether oxygens (including phenoxy) is 2. The first-order valence-corrected chi connectivity index (χ1v) is 13.7. The smallest absolute Gasteiger partial charge is 0.422 e. The third-order valence-electron chi connectivity index (χ3n) is 6.01. The number of pyridine rings is 1. The Morgan fingerprint density at radius 2 is 1.67 bits per heavy atom. The number of hydrogen-bond donors (Lipinski definition) is 2. The average molecular weight is 625 g/mol. The fourth-order valence-electron chi connectivity index (χ4n) is 4.11. The number of nitrogens with one attached hydrogen (secondary N) is 2. The molecule has 1 aliphatic heterocycles. The van der Waals surface area contributed by atoms with E-state index in [1.807, 2.05) is 0 Å². The summed E-state index contributed by atoms with van der Waals surface area (Å²) < 4.78 is 99.4. The summed E-state index contributed by atoms with van der Waals surface area (Å²) in [7, 11) is 0. The Morgan fingerprint density at radius 3 is 2.36 bits per heavy atom. The van der Waals surface area contributed by atoms with Gasteiger partial charge in [-0.05, 0) is 25.1 Å². The molecule has 9 nitrogen and oxygen atoms in total. The number of piperazine rings is 1. The summed E-state index contributed by atoms with van der Waals surface area (Å²) >= 11 is 1.49. The maximum atomic E-state index is 13.4. The van der Waals surface area contributed by atoms with Gasteiger partial charge >= 0.3 is 12.4 Å². The van der Waals surface area contributed by atoms with E-state index in [4.69, 9.17) is 9.47 Å². The van der Waals surface area contributed by atoms with Gasteiger partial charge in [-0.15, -0.1) is 0 Å². The molecule has 3 heterocycles. The van der Waals surface area contributed by atoms with Crippen LogP contribution in [-0.4, -0.2) is 101 Å². The molecule has 1 amide bonds. The Labute approximate surface area is 239 Å². The summed E-state index contributed by atoms with van der Waals surface area (Å²) in [4.78, 5) is 28.1. The van der Waals surface area contributed by atoms with Crippen LogP contribution in [0.5, 0.6) is 11.6 Å².